The van der Waals surface area contributed by atoms with Crippen molar-refractivity contribution in [2.75, 3.05) is 17.9 Å². The largest absolute Gasteiger partial charge is 0.462 e. The number of nitrogens with one attached hydrogen (secondary N) is 1. The molecule has 2 aromatic rings. The molecule has 0 bridgehead atoms. The van der Waals surface area contributed by atoms with Gasteiger partial charge in [0, 0.05) is 7.05 Å². The van der Waals surface area contributed by atoms with E-state index < -0.39 is 22.0 Å². The second-order valence-corrected chi connectivity index (χ2v) is 7.21. The van der Waals surface area contributed by atoms with Gasteiger partial charge in [0.2, 0.25) is 0 Å². The van der Waals surface area contributed by atoms with E-state index in [1.54, 1.807) is 27.8 Å². The van der Waals surface area contributed by atoms with Crippen molar-refractivity contribution < 1.29 is 27.5 Å². The summed E-state index contributed by atoms with van der Waals surface area (Å²) in [5, 5.41) is 3.91. The van der Waals surface area contributed by atoms with Crippen molar-refractivity contribution in [3.63, 3.8) is 0 Å². The number of carbonyl (C=O) groups is 2. The van der Waals surface area contributed by atoms with E-state index in [2.05, 4.69) is 9.82 Å². The average molecular weight is 395 g/mol. The van der Waals surface area contributed by atoms with Crippen LogP contribution in [-0.4, -0.2) is 43.4 Å². The lowest BCUT2D eigenvalue weighted by Gasteiger charge is -2.11. The predicted molar refractivity (Wildman–Crippen MR) is 97.1 cm³/mol. The van der Waals surface area contributed by atoms with Crippen molar-refractivity contribution >= 4 is 27.6 Å². The molecular formula is C17H21N3O6S. The van der Waals surface area contributed by atoms with Crippen LogP contribution in [0.5, 0.6) is 0 Å². The maximum absolute atomic E-state index is 12.7. The highest BCUT2D eigenvalue weighted by Crippen LogP contribution is 2.22. The van der Waals surface area contributed by atoms with Crippen LogP contribution in [0.15, 0.2) is 29.3 Å². The number of benzene rings is 1. The SMILES string of the molecule is CCOC(=O)c1cc(NS(=O)(=O)c2cnn(C)c2C)cc(C(=O)OCC)c1. The summed E-state index contributed by atoms with van der Waals surface area (Å²) in [7, 11) is -2.35. The summed E-state index contributed by atoms with van der Waals surface area (Å²) in [5.41, 5.74) is 0.535. The number of aromatic nitrogens is 2. The van der Waals surface area contributed by atoms with Gasteiger partial charge in [-0.25, -0.2) is 18.0 Å². The lowest BCUT2D eigenvalue weighted by molar-refractivity contribution is 0.0525. The Morgan fingerprint density at radius 3 is 2.00 bits per heavy atom. The summed E-state index contributed by atoms with van der Waals surface area (Å²) in [6, 6.07) is 3.89. The molecular weight excluding hydrogens is 374 g/mol. The molecule has 10 heteroatoms. The van der Waals surface area contributed by atoms with E-state index in [0.717, 1.165) is 0 Å². The Labute approximate surface area is 157 Å². The van der Waals surface area contributed by atoms with Crippen molar-refractivity contribution in [1.82, 2.24) is 9.78 Å². The highest BCUT2D eigenvalue weighted by Gasteiger charge is 2.22. The van der Waals surface area contributed by atoms with Crippen LogP contribution in [0.4, 0.5) is 5.69 Å². The number of anilines is 1. The second kappa shape index (κ2) is 8.21. The number of carbonyl (C=O) groups excluding carboxylic acids is 2. The van der Waals surface area contributed by atoms with E-state index in [4.69, 9.17) is 9.47 Å². The molecule has 0 unspecified atom stereocenters. The molecule has 0 atom stereocenters. The van der Waals surface area contributed by atoms with E-state index in [1.807, 2.05) is 0 Å². The minimum absolute atomic E-state index is 0.00998. The van der Waals surface area contributed by atoms with Gasteiger partial charge < -0.3 is 9.47 Å². The fourth-order valence-corrected chi connectivity index (χ4v) is 3.55. The van der Waals surface area contributed by atoms with Crippen molar-refractivity contribution in [3.05, 3.63) is 41.2 Å². The molecule has 1 aromatic heterocycles. The van der Waals surface area contributed by atoms with Gasteiger partial charge in [0.25, 0.3) is 10.0 Å². The van der Waals surface area contributed by atoms with E-state index >= 15 is 0 Å². The number of hydrogen-bond acceptors (Lipinski definition) is 7. The van der Waals surface area contributed by atoms with Crippen LogP contribution in [0, 0.1) is 6.92 Å². The van der Waals surface area contributed by atoms with Crippen LogP contribution in [0.25, 0.3) is 0 Å². The lowest BCUT2D eigenvalue weighted by atomic mass is 10.1. The molecule has 0 saturated carbocycles. The fraction of sp³-hybridized carbons (Fsp3) is 0.353. The maximum atomic E-state index is 12.7. The average Bonchev–Trinajstić information content (AvgIpc) is 2.94. The monoisotopic (exact) mass is 395 g/mol. The molecule has 0 aliphatic rings. The fourth-order valence-electron chi connectivity index (χ4n) is 2.30. The molecule has 0 spiro atoms. The summed E-state index contributed by atoms with van der Waals surface area (Å²) < 4.78 is 39.0. The van der Waals surface area contributed by atoms with Crippen LogP contribution in [-0.2, 0) is 26.5 Å². The summed E-state index contributed by atoms with van der Waals surface area (Å²) in [5.74, 6) is -1.36. The third-order valence-corrected chi connectivity index (χ3v) is 5.17. The summed E-state index contributed by atoms with van der Waals surface area (Å²) in [6.07, 6.45) is 1.22. The number of ether oxygens (including phenoxy) is 2. The van der Waals surface area contributed by atoms with Crippen LogP contribution >= 0.6 is 0 Å². The smallest absolute Gasteiger partial charge is 0.338 e. The van der Waals surface area contributed by atoms with Gasteiger partial charge >= 0.3 is 11.9 Å². The van der Waals surface area contributed by atoms with Gasteiger partial charge in [0.05, 0.1) is 41.9 Å². The zero-order valence-electron chi connectivity index (χ0n) is 15.5. The zero-order valence-corrected chi connectivity index (χ0v) is 16.3. The molecule has 0 radical (unpaired) electrons. The molecule has 0 amide bonds. The van der Waals surface area contributed by atoms with Gasteiger partial charge in [0.1, 0.15) is 4.90 Å². The Kier molecular flexibility index (Phi) is 6.21. The number of nitrogens with zero attached hydrogens (tertiary/aromatic N) is 2. The first-order valence-electron chi connectivity index (χ1n) is 8.20. The lowest BCUT2D eigenvalue weighted by Crippen LogP contribution is -2.16. The molecule has 146 valence electrons. The third-order valence-electron chi connectivity index (χ3n) is 3.69. The van der Waals surface area contributed by atoms with Gasteiger partial charge in [-0.3, -0.25) is 9.40 Å². The zero-order chi connectivity index (χ0) is 20.2. The standard InChI is InChI=1S/C17H21N3O6S/c1-5-25-16(21)12-7-13(17(22)26-6-2)9-14(8-12)19-27(23,24)15-10-18-20(4)11(15)3/h7-10,19H,5-6H2,1-4H3. The van der Waals surface area contributed by atoms with Gasteiger partial charge in [0.15, 0.2) is 0 Å². The van der Waals surface area contributed by atoms with Crippen molar-refractivity contribution in [2.45, 2.75) is 25.7 Å². The number of sulfonamides is 1. The van der Waals surface area contributed by atoms with Crippen molar-refractivity contribution in [1.29, 1.82) is 0 Å². The molecule has 0 fully saturated rings. The number of rotatable bonds is 7. The number of aryl methyl sites for hydroxylation is 1. The molecule has 0 aliphatic heterocycles. The van der Waals surface area contributed by atoms with Crippen LogP contribution in [0.2, 0.25) is 0 Å². The van der Waals surface area contributed by atoms with Crippen molar-refractivity contribution in [2.24, 2.45) is 7.05 Å². The summed E-state index contributed by atoms with van der Waals surface area (Å²) >= 11 is 0. The van der Waals surface area contributed by atoms with E-state index in [1.165, 1.54) is 29.1 Å². The maximum Gasteiger partial charge on any atom is 0.338 e. The van der Waals surface area contributed by atoms with Gasteiger partial charge in [-0.1, -0.05) is 0 Å². The molecule has 1 N–H and O–H groups in total. The van der Waals surface area contributed by atoms with E-state index in [-0.39, 0.29) is 34.9 Å². The predicted octanol–water partition coefficient (Wildman–Crippen LogP) is 1.88. The molecule has 27 heavy (non-hydrogen) atoms. The Balaban J connectivity index is 2.46. The first kappa shape index (κ1) is 20.4. The minimum atomic E-state index is -3.97. The summed E-state index contributed by atoms with van der Waals surface area (Å²) in [4.78, 5) is 24.1. The normalized spacial score (nSPS) is 11.1. The Bertz CT molecular complexity index is 929. The molecule has 9 nitrogen and oxygen atoms in total. The quantitative estimate of drug-likeness (QED) is 0.711. The van der Waals surface area contributed by atoms with E-state index in [0.29, 0.717) is 5.69 Å². The Morgan fingerprint density at radius 1 is 1.07 bits per heavy atom. The third kappa shape index (κ3) is 4.64. The molecule has 0 saturated heterocycles. The van der Waals surface area contributed by atoms with Gasteiger partial charge in [-0.15, -0.1) is 0 Å². The second-order valence-electron chi connectivity index (χ2n) is 5.56. The highest BCUT2D eigenvalue weighted by molar-refractivity contribution is 7.92. The topological polar surface area (TPSA) is 117 Å². The highest BCUT2D eigenvalue weighted by atomic mass is 32.2. The van der Waals surface area contributed by atoms with Crippen molar-refractivity contribution in [3.8, 4) is 0 Å². The minimum Gasteiger partial charge on any atom is -0.462 e. The van der Waals surface area contributed by atoms with Gasteiger partial charge in [-0.2, -0.15) is 5.10 Å². The molecule has 2 rings (SSSR count). The first-order chi connectivity index (χ1) is 12.7. The Morgan fingerprint density at radius 2 is 1.59 bits per heavy atom. The van der Waals surface area contributed by atoms with Crippen LogP contribution < -0.4 is 4.72 Å². The first-order valence-corrected chi connectivity index (χ1v) is 9.68. The van der Waals surface area contributed by atoms with E-state index in [9.17, 15) is 18.0 Å². The number of esters is 2. The molecule has 1 aromatic carbocycles. The summed E-state index contributed by atoms with van der Waals surface area (Å²) in [6.45, 7) is 5.17. The van der Waals surface area contributed by atoms with Gasteiger partial charge in [-0.05, 0) is 39.0 Å². The molecule has 0 aliphatic carbocycles. The number of hydrogen-bond donors (Lipinski definition) is 1. The van der Waals surface area contributed by atoms with Crippen LogP contribution in [0.1, 0.15) is 40.3 Å². The molecule has 1 heterocycles. The van der Waals surface area contributed by atoms with Crippen LogP contribution in [0.3, 0.4) is 0 Å². The Hall–Kier alpha value is -2.88.